The van der Waals surface area contributed by atoms with Gasteiger partial charge in [0.15, 0.2) is 5.16 Å². The van der Waals surface area contributed by atoms with E-state index in [2.05, 4.69) is 36.4 Å². The van der Waals surface area contributed by atoms with Crippen LogP contribution >= 0.6 is 39.0 Å². The van der Waals surface area contributed by atoms with Gasteiger partial charge in [-0.1, -0.05) is 23.9 Å². The predicted octanol–water partition coefficient (Wildman–Crippen LogP) is 4.36. The van der Waals surface area contributed by atoms with Gasteiger partial charge in [-0.05, 0) is 51.8 Å². The number of thiophene rings is 1. The van der Waals surface area contributed by atoms with Gasteiger partial charge in [0.25, 0.3) is 5.91 Å². The van der Waals surface area contributed by atoms with Crippen LogP contribution in [0.3, 0.4) is 0 Å². The van der Waals surface area contributed by atoms with Crippen LogP contribution in [0.1, 0.15) is 20.8 Å². The van der Waals surface area contributed by atoms with Gasteiger partial charge in [-0.15, -0.1) is 11.3 Å². The molecule has 1 amide bonds. The van der Waals surface area contributed by atoms with E-state index in [4.69, 9.17) is 0 Å². The maximum Gasteiger partial charge on any atom is 0.271 e. The molecule has 1 aromatic carbocycles. The van der Waals surface area contributed by atoms with Crippen molar-refractivity contribution >= 4 is 51.2 Å². The molecular formula is C17H13BrN4OS2. The van der Waals surface area contributed by atoms with Crippen molar-refractivity contribution in [3.05, 3.63) is 74.6 Å². The second-order valence-electron chi connectivity index (χ2n) is 4.86. The van der Waals surface area contributed by atoms with Crippen molar-refractivity contribution in [3.63, 3.8) is 0 Å². The lowest BCUT2D eigenvalue weighted by molar-refractivity contribution is 0.0955. The van der Waals surface area contributed by atoms with Crippen LogP contribution < -0.4 is 5.43 Å². The van der Waals surface area contributed by atoms with Gasteiger partial charge >= 0.3 is 0 Å². The number of aromatic nitrogens is 2. The van der Waals surface area contributed by atoms with E-state index in [1.165, 1.54) is 0 Å². The summed E-state index contributed by atoms with van der Waals surface area (Å²) in [4.78, 5) is 21.4. The molecule has 0 radical (unpaired) electrons. The van der Waals surface area contributed by atoms with E-state index in [0.29, 0.717) is 5.56 Å². The molecule has 8 heteroatoms. The van der Waals surface area contributed by atoms with E-state index in [9.17, 15) is 4.79 Å². The fourth-order valence-corrected chi connectivity index (χ4v) is 3.93. The van der Waals surface area contributed by atoms with E-state index in [1.807, 2.05) is 24.3 Å². The SMILES string of the molecule is O=C(NN=Cc1ccc(Br)s1)c1ccc(CSc2ncccn2)cc1. The van der Waals surface area contributed by atoms with Crippen LogP contribution in [0.4, 0.5) is 0 Å². The van der Waals surface area contributed by atoms with Gasteiger partial charge in [0.05, 0.1) is 10.0 Å². The Morgan fingerprint density at radius 1 is 1.20 bits per heavy atom. The molecule has 0 aliphatic carbocycles. The summed E-state index contributed by atoms with van der Waals surface area (Å²) in [7, 11) is 0. The number of benzene rings is 1. The molecule has 25 heavy (non-hydrogen) atoms. The molecule has 0 atom stereocenters. The summed E-state index contributed by atoms with van der Waals surface area (Å²) in [6.07, 6.45) is 5.06. The predicted molar refractivity (Wildman–Crippen MR) is 105 cm³/mol. The number of hydrogen-bond acceptors (Lipinski definition) is 6. The minimum absolute atomic E-state index is 0.238. The highest BCUT2D eigenvalue weighted by atomic mass is 79.9. The number of thioether (sulfide) groups is 1. The van der Waals surface area contributed by atoms with Crippen molar-refractivity contribution < 1.29 is 4.79 Å². The van der Waals surface area contributed by atoms with E-state index in [0.717, 1.165) is 25.1 Å². The van der Waals surface area contributed by atoms with E-state index in [1.54, 1.807) is 59.9 Å². The Morgan fingerprint density at radius 3 is 2.64 bits per heavy atom. The van der Waals surface area contributed by atoms with Crippen LogP contribution in [0.2, 0.25) is 0 Å². The first-order valence-electron chi connectivity index (χ1n) is 7.28. The smallest absolute Gasteiger partial charge is 0.267 e. The number of hydrazone groups is 1. The van der Waals surface area contributed by atoms with Crippen molar-refractivity contribution in [2.75, 3.05) is 0 Å². The second-order valence-corrected chi connectivity index (χ2v) is 8.30. The summed E-state index contributed by atoms with van der Waals surface area (Å²) in [5.41, 5.74) is 4.19. The normalized spacial score (nSPS) is 10.9. The average Bonchev–Trinajstić information content (AvgIpc) is 3.06. The highest BCUT2D eigenvalue weighted by Crippen LogP contribution is 2.20. The van der Waals surface area contributed by atoms with Gasteiger partial charge in [0, 0.05) is 28.6 Å². The minimum Gasteiger partial charge on any atom is -0.267 e. The van der Waals surface area contributed by atoms with Crippen LogP contribution in [-0.4, -0.2) is 22.1 Å². The first-order chi connectivity index (χ1) is 12.2. The number of nitrogens with zero attached hydrogens (tertiary/aromatic N) is 3. The molecule has 2 heterocycles. The Hall–Kier alpha value is -2.03. The topological polar surface area (TPSA) is 67.2 Å². The maximum atomic E-state index is 12.1. The molecule has 0 aliphatic rings. The van der Waals surface area contributed by atoms with Crippen molar-refractivity contribution in [2.45, 2.75) is 10.9 Å². The first kappa shape index (κ1) is 17.8. The number of nitrogens with one attached hydrogen (secondary N) is 1. The fraction of sp³-hybridized carbons (Fsp3) is 0.0588. The first-order valence-corrected chi connectivity index (χ1v) is 9.88. The average molecular weight is 433 g/mol. The van der Waals surface area contributed by atoms with Gasteiger partial charge in [0.2, 0.25) is 0 Å². The highest BCUT2D eigenvalue weighted by Gasteiger charge is 2.05. The summed E-state index contributed by atoms with van der Waals surface area (Å²) in [6.45, 7) is 0. The standard InChI is InChI=1S/C17H13BrN4OS2/c18-15-7-6-14(25-15)10-21-22-16(23)13-4-2-12(3-5-13)11-24-17-19-8-1-9-20-17/h1-10H,11H2,(H,22,23). The Kier molecular flexibility index (Phi) is 6.32. The monoisotopic (exact) mass is 432 g/mol. The van der Waals surface area contributed by atoms with Crippen molar-refractivity contribution in [1.29, 1.82) is 0 Å². The quantitative estimate of drug-likeness (QED) is 0.272. The molecule has 0 unspecified atom stereocenters. The van der Waals surface area contributed by atoms with Crippen LogP contribution in [0, 0.1) is 0 Å². The molecule has 3 aromatic rings. The minimum atomic E-state index is -0.238. The maximum absolute atomic E-state index is 12.1. The third kappa shape index (κ3) is 5.48. The number of carbonyl (C=O) groups is 1. The van der Waals surface area contributed by atoms with E-state index >= 15 is 0 Å². The summed E-state index contributed by atoms with van der Waals surface area (Å²) >= 11 is 6.48. The lowest BCUT2D eigenvalue weighted by Gasteiger charge is -2.03. The van der Waals surface area contributed by atoms with Gasteiger partial charge in [-0.2, -0.15) is 5.10 Å². The lowest BCUT2D eigenvalue weighted by atomic mass is 10.1. The Balaban J connectivity index is 1.52. The number of rotatable bonds is 6. The molecule has 5 nitrogen and oxygen atoms in total. The zero-order chi connectivity index (χ0) is 17.5. The Labute approximate surface area is 161 Å². The Bertz CT molecular complexity index is 866. The van der Waals surface area contributed by atoms with Gasteiger partial charge in [0.1, 0.15) is 0 Å². The third-order valence-corrected chi connectivity index (χ3v) is 5.58. The van der Waals surface area contributed by atoms with Crippen LogP contribution in [-0.2, 0) is 5.75 Å². The fourth-order valence-electron chi connectivity index (χ4n) is 1.88. The largest absolute Gasteiger partial charge is 0.271 e. The van der Waals surface area contributed by atoms with Crippen LogP contribution in [0.5, 0.6) is 0 Å². The summed E-state index contributed by atoms with van der Waals surface area (Å²) in [5.74, 6) is 0.509. The molecule has 0 bridgehead atoms. The van der Waals surface area contributed by atoms with Gasteiger partial charge < -0.3 is 0 Å². The lowest BCUT2D eigenvalue weighted by Crippen LogP contribution is -2.17. The highest BCUT2D eigenvalue weighted by molar-refractivity contribution is 9.11. The van der Waals surface area contributed by atoms with E-state index in [-0.39, 0.29) is 5.91 Å². The molecular weight excluding hydrogens is 420 g/mol. The van der Waals surface area contributed by atoms with Gasteiger partial charge in [-0.3, -0.25) is 4.79 Å². The molecule has 2 aromatic heterocycles. The number of hydrogen-bond donors (Lipinski definition) is 1. The van der Waals surface area contributed by atoms with E-state index < -0.39 is 0 Å². The number of amides is 1. The molecule has 0 spiro atoms. The molecule has 0 saturated carbocycles. The molecule has 3 rings (SSSR count). The Morgan fingerprint density at radius 2 is 1.96 bits per heavy atom. The molecule has 0 fully saturated rings. The molecule has 126 valence electrons. The second kappa shape index (κ2) is 8.89. The summed E-state index contributed by atoms with van der Waals surface area (Å²) < 4.78 is 1.02. The summed E-state index contributed by atoms with van der Waals surface area (Å²) in [6, 6.07) is 13.1. The zero-order valence-corrected chi connectivity index (χ0v) is 16.1. The number of halogens is 1. The van der Waals surface area contributed by atoms with Crippen molar-refractivity contribution in [2.24, 2.45) is 5.10 Å². The van der Waals surface area contributed by atoms with Crippen molar-refractivity contribution in [1.82, 2.24) is 15.4 Å². The summed E-state index contributed by atoms with van der Waals surface area (Å²) in [5, 5.41) is 4.71. The molecule has 0 aliphatic heterocycles. The third-order valence-electron chi connectivity index (χ3n) is 3.08. The molecule has 1 N–H and O–H groups in total. The van der Waals surface area contributed by atoms with Crippen LogP contribution in [0.15, 0.2) is 68.9 Å². The number of carbonyl (C=O) groups excluding carboxylic acids is 1. The van der Waals surface area contributed by atoms with Crippen LogP contribution in [0.25, 0.3) is 0 Å². The molecule has 0 saturated heterocycles. The van der Waals surface area contributed by atoms with Gasteiger partial charge in [-0.25, -0.2) is 15.4 Å². The van der Waals surface area contributed by atoms with Crippen molar-refractivity contribution in [3.8, 4) is 0 Å². The zero-order valence-electron chi connectivity index (χ0n) is 12.9.